The molecule has 0 radical (unpaired) electrons. The molecule has 2 aromatic rings. The van der Waals surface area contributed by atoms with Gasteiger partial charge in [0.15, 0.2) is 12.2 Å². The number of aliphatic imine (C=N–C) groups is 1. The zero-order valence-corrected chi connectivity index (χ0v) is 17.4. The zero-order valence-electron chi connectivity index (χ0n) is 17.4. The number of benzene rings is 2. The second kappa shape index (κ2) is 6.86. The Morgan fingerprint density at radius 2 is 1.80 bits per heavy atom. The number of para-hydroxylation sites is 1. The average molecular weight is 403 g/mol. The number of carbonyl (C=O) groups is 2. The smallest absolute Gasteiger partial charge is 0.325 e. The van der Waals surface area contributed by atoms with Gasteiger partial charge in [-0.3, -0.25) is 9.69 Å². The average Bonchev–Trinajstić information content (AvgIpc) is 3.32. The topological polar surface area (TPSA) is 59.5 Å². The minimum Gasteiger partial charge on any atom is -0.325 e. The number of likely N-dealkylation sites (N-methyl/N-ethyl adjacent to an activating group) is 1. The molecule has 0 spiro atoms. The van der Waals surface area contributed by atoms with Gasteiger partial charge >= 0.3 is 6.03 Å². The molecule has 0 aliphatic carbocycles. The van der Waals surface area contributed by atoms with Crippen LogP contribution >= 0.6 is 0 Å². The fourth-order valence-corrected chi connectivity index (χ4v) is 4.58. The van der Waals surface area contributed by atoms with Gasteiger partial charge in [0, 0.05) is 25.8 Å². The SMILES string of the molecule is Cc1ccc(C)c(CN2C(=O)C3C(N=C4N(c5ccccc5)CCN43)N(C)C2=O)c1. The largest absolute Gasteiger partial charge is 0.328 e. The molecule has 154 valence electrons. The third-order valence-electron chi connectivity index (χ3n) is 6.28. The molecule has 3 heterocycles. The molecule has 2 aromatic carbocycles. The number of rotatable bonds is 3. The van der Waals surface area contributed by atoms with E-state index < -0.39 is 12.2 Å². The van der Waals surface area contributed by atoms with Crippen LogP contribution in [0.5, 0.6) is 0 Å². The van der Waals surface area contributed by atoms with Crippen molar-refractivity contribution in [3.8, 4) is 0 Å². The Morgan fingerprint density at radius 3 is 2.57 bits per heavy atom. The number of imide groups is 1. The van der Waals surface area contributed by atoms with E-state index >= 15 is 0 Å². The predicted octanol–water partition coefficient (Wildman–Crippen LogP) is 2.58. The van der Waals surface area contributed by atoms with E-state index in [-0.39, 0.29) is 18.5 Å². The minimum atomic E-state index is -0.485. The molecule has 3 amide bonds. The zero-order chi connectivity index (χ0) is 21.0. The summed E-state index contributed by atoms with van der Waals surface area (Å²) in [6, 6.07) is 15.4. The van der Waals surface area contributed by atoms with Crippen LogP contribution < -0.4 is 4.90 Å². The maximum atomic E-state index is 13.5. The number of anilines is 1. The van der Waals surface area contributed by atoms with Gasteiger partial charge in [-0.1, -0.05) is 42.0 Å². The van der Waals surface area contributed by atoms with Crippen LogP contribution in [0, 0.1) is 13.8 Å². The first-order valence-corrected chi connectivity index (χ1v) is 10.3. The highest BCUT2D eigenvalue weighted by Crippen LogP contribution is 2.33. The third-order valence-corrected chi connectivity index (χ3v) is 6.28. The number of carbonyl (C=O) groups excluding carboxylic acids is 2. The van der Waals surface area contributed by atoms with Gasteiger partial charge in [-0.2, -0.15) is 0 Å². The van der Waals surface area contributed by atoms with E-state index in [1.54, 1.807) is 11.9 Å². The van der Waals surface area contributed by atoms with Gasteiger partial charge in [0.05, 0.1) is 6.54 Å². The lowest BCUT2D eigenvalue weighted by Gasteiger charge is -2.40. The van der Waals surface area contributed by atoms with E-state index in [0.29, 0.717) is 6.54 Å². The van der Waals surface area contributed by atoms with Gasteiger partial charge < -0.3 is 14.7 Å². The molecule has 2 saturated heterocycles. The number of hydrogen-bond acceptors (Lipinski definition) is 5. The third kappa shape index (κ3) is 2.76. The Balaban J connectivity index is 1.45. The maximum absolute atomic E-state index is 13.5. The van der Waals surface area contributed by atoms with Crippen molar-refractivity contribution in [2.24, 2.45) is 4.99 Å². The standard InChI is InChI=1S/C23H25N5O2/c1-15-9-10-16(2)17(13-15)14-28-21(29)19-20(25(3)23(28)30)24-22-26(11-12-27(19)22)18-7-5-4-6-8-18/h4-10,13,19-20H,11-12,14H2,1-3H3. The summed E-state index contributed by atoms with van der Waals surface area (Å²) in [5.74, 6) is 0.607. The first-order chi connectivity index (χ1) is 14.5. The number of aryl methyl sites for hydroxylation is 2. The van der Waals surface area contributed by atoms with Crippen molar-refractivity contribution in [3.63, 3.8) is 0 Å². The fourth-order valence-electron chi connectivity index (χ4n) is 4.58. The molecular weight excluding hydrogens is 378 g/mol. The molecule has 3 aliphatic heterocycles. The Hall–Kier alpha value is -3.35. The summed E-state index contributed by atoms with van der Waals surface area (Å²) >= 11 is 0. The second-order valence-electron chi connectivity index (χ2n) is 8.22. The fraction of sp³-hybridized carbons (Fsp3) is 0.348. The molecule has 0 bridgehead atoms. The van der Waals surface area contributed by atoms with Gasteiger partial charge in [0.2, 0.25) is 5.96 Å². The van der Waals surface area contributed by atoms with Crippen LogP contribution in [0.2, 0.25) is 0 Å². The number of amides is 3. The lowest BCUT2D eigenvalue weighted by atomic mass is 10.0. The summed E-state index contributed by atoms with van der Waals surface area (Å²) in [6.07, 6.45) is -0.485. The van der Waals surface area contributed by atoms with Crippen LogP contribution in [0.25, 0.3) is 0 Å². The van der Waals surface area contributed by atoms with E-state index in [2.05, 4.69) is 9.80 Å². The summed E-state index contributed by atoms with van der Waals surface area (Å²) in [6.45, 7) is 5.79. The van der Waals surface area contributed by atoms with Crippen LogP contribution in [0.1, 0.15) is 16.7 Å². The monoisotopic (exact) mass is 403 g/mol. The van der Waals surface area contributed by atoms with Crippen molar-refractivity contribution >= 4 is 23.6 Å². The van der Waals surface area contributed by atoms with E-state index in [4.69, 9.17) is 4.99 Å². The van der Waals surface area contributed by atoms with Crippen LogP contribution in [0.3, 0.4) is 0 Å². The van der Waals surface area contributed by atoms with E-state index in [1.165, 1.54) is 4.90 Å². The number of nitrogens with zero attached hydrogens (tertiary/aromatic N) is 5. The van der Waals surface area contributed by atoms with Crippen LogP contribution in [-0.2, 0) is 11.3 Å². The lowest BCUT2D eigenvalue weighted by molar-refractivity contribution is -0.137. The van der Waals surface area contributed by atoms with Crippen molar-refractivity contribution in [2.75, 3.05) is 25.0 Å². The molecular formula is C23H25N5O2. The summed E-state index contributed by atoms with van der Waals surface area (Å²) in [5, 5.41) is 0. The molecule has 2 unspecified atom stereocenters. The van der Waals surface area contributed by atoms with E-state index in [0.717, 1.165) is 34.9 Å². The highest BCUT2D eigenvalue weighted by atomic mass is 16.2. The normalized spacial score (nSPS) is 23.1. The first kappa shape index (κ1) is 18.7. The Bertz CT molecular complexity index is 1050. The molecule has 5 rings (SSSR count). The first-order valence-electron chi connectivity index (χ1n) is 10.3. The molecule has 0 saturated carbocycles. The second-order valence-corrected chi connectivity index (χ2v) is 8.22. The molecule has 7 nitrogen and oxygen atoms in total. The Morgan fingerprint density at radius 1 is 1.03 bits per heavy atom. The lowest BCUT2D eigenvalue weighted by Crippen LogP contribution is -2.64. The van der Waals surface area contributed by atoms with Crippen LogP contribution in [0.15, 0.2) is 53.5 Å². The van der Waals surface area contributed by atoms with Crippen molar-refractivity contribution in [1.82, 2.24) is 14.7 Å². The van der Waals surface area contributed by atoms with Gasteiger partial charge in [-0.15, -0.1) is 0 Å². The highest BCUT2D eigenvalue weighted by molar-refractivity contribution is 6.07. The Kier molecular flexibility index (Phi) is 4.27. The number of guanidine groups is 1. The summed E-state index contributed by atoms with van der Waals surface area (Å²) in [5.41, 5.74) is 4.23. The number of fused-ring (bicyclic) bond motifs is 3. The van der Waals surface area contributed by atoms with Gasteiger partial charge in [0.25, 0.3) is 5.91 Å². The highest BCUT2D eigenvalue weighted by Gasteiger charge is 2.54. The summed E-state index contributed by atoms with van der Waals surface area (Å²) in [4.78, 5) is 38.5. The van der Waals surface area contributed by atoms with Gasteiger partial charge in [-0.25, -0.2) is 9.79 Å². The quantitative estimate of drug-likeness (QED) is 0.791. The molecule has 7 heteroatoms. The predicted molar refractivity (Wildman–Crippen MR) is 115 cm³/mol. The van der Waals surface area contributed by atoms with Crippen molar-refractivity contribution < 1.29 is 9.59 Å². The summed E-state index contributed by atoms with van der Waals surface area (Å²) in [7, 11) is 1.74. The van der Waals surface area contributed by atoms with Crippen molar-refractivity contribution in [3.05, 3.63) is 65.2 Å². The number of hydrogen-bond donors (Lipinski definition) is 0. The molecule has 0 aromatic heterocycles. The van der Waals surface area contributed by atoms with Crippen LogP contribution in [0.4, 0.5) is 10.5 Å². The Labute approximate surface area is 176 Å². The van der Waals surface area contributed by atoms with Gasteiger partial charge in [0.1, 0.15) is 0 Å². The molecule has 30 heavy (non-hydrogen) atoms. The van der Waals surface area contributed by atoms with Crippen molar-refractivity contribution in [2.45, 2.75) is 32.6 Å². The molecule has 2 atom stereocenters. The van der Waals surface area contributed by atoms with E-state index in [1.807, 2.05) is 62.4 Å². The van der Waals surface area contributed by atoms with Crippen molar-refractivity contribution in [1.29, 1.82) is 0 Å². The minimum absolute atomic E-state index is 0.169. The number of urea groups is 1. The van der Waals surface area contributed by atoms with Gasteiger partial charge in [-0.05, 0) is 37.1 Å². The maximum Gasteiger partial charge on any atom is 0.328 e. The molecule has 3 aliphatic rings. The van der Waals surface area contributed by atoms with Crippen LogP contribution in [-0.4, -0.2) is 64.9 Å². The molecule has 2 fully saturated rings. The summed E-state index contributed by atoms with van der Waals surface area (Å²) < 4.78 is 0. The molecule has 0 N–H and O–H groups in total. The van der Waals surface area contributed by atoms with E-state index in [9.17, 15) is 9.59 Å².